The summed E-state index contributed by atoms with van der Waals surface area (Å²) in [5, 5.41) is 6.74. The van der Waals surface area contributed by atoms with E-state index in [1.54, 1.807) is 24.5 Å². The molecule has 0 bridgehead atoms. The average molecular weight is 403 g/mol. The van der Waals surface area contributed by atoms with E-state index < -0.39 is 0 Å². The molecule has 6 nitrogen and oxygen atoms in total. The zero-order valence-corrected chi connectivity index (χ0v) is 16.9. The van der Waals surface area contributed by atoms with Gasteiger partial charge in [0.05, 0.1) is 19.4 Å². The van der Waals surface area contributed by atoms with Crippen LogP contribution in [-0.4, -0.2) is 44.9 Å². The van der Waals surface area contributed by atoms with Gasteiger partial charge in [-0.05, 0) is 37.1 Å². The van der Waals surface area contributed by atoms with E-state index >= 15 is 0 Å². The molecule has 2 aromatic rings. The number of nitrogens with one attached hydrogen (secondary N) is 2. The van der Waals surface area contributed by atoms with Gasteiger partial charge in [0.2, 0.25) is 0 Å². The molecular formula is C22H30FN3O3. The second kappa shape index (κ2) is 11.5. The molecular weight excluding hydrogens is 373 g/mol. The predicted molar refractivity (Wildman–Crippen MR) is 111 cm³/mol. The van der Waals surface area contributed by atoms with Gasteiger partial charge in [-0.25, -0.2) is 9.38 Å². The van der Waals surface area contributed by atoms with Crippen molar-refractivity contribution in [2.24, 2.45) is 10.9 Å². The van der Waals surface area contributed by atoms with Crippen LogP contribution in [0.25, 0.3) is 0 Å². The number of hydrogen-bond acceptors (Lipinski definition) is 4. The highest BCUT2D eigenvalue weighted by Gasteiger charge is 2.16. The number of hydrogen-bond donors (Lipinski definition) is 2. The lowest BCUT2D eigenvalue weighted by Gasteiger charge is -2.18. The number of benzene rings is 1. The maximum atomic E-state index is 13.9. The van der Waals surface area contributed by atoms with Crippen molar-refractivity contribution in [1.29, 1.82) is 0 Å². The fraction of sp³-hybridized carbons (Fsp3) is 0.500. The smallest absolute Gasteiger partial charge is 0.191 e. The number of nitrogens with zero attached hydrogens (tertiary/aromatic N) is 1. The van der Waals surface area contributed by atoms with Crippen molar-refractivity contribution < 1.29 is 18.3 Å². The Hall–Kier alpha value is -2.54. The minimum atomic E-state index is -0.355. The molecule has 2 heterocycles. The molecule has 1 aliphatic rings. The molecule has 0 amide bonds. The Morgan fingerprint density at radius 3 is 2.90 bits per heavy atom. The van der Waals surface area contributed by atoms with Crippen LogP contribution in [0.2, 0.25) is 0 Å². The van der Waals surface area contributed by atoms with Crippen LogP contribution in [0.15, 0.2) is 52.1 Å². The summed E-state index contributed by atoms with van der Waals surface area (Å²) in [6.45, 7) is 5.54. The fourth-order valence-electron chi connectivity index (χ4n) is 3.08. The summed E-state index contributed by atoms with van der Waals surface area (Å²) in [5.74, 6) is 2.04. The minimum absolute atomic E-state index is 0.203. The highest BCUT2D eigenvalue weighted by atomic mass is 19.1. The number of rotatable bonds is 10. The first-order valence-electron chi connectivity index (χ1n) is 10.3. The van der Waals surface area contributed by atoms with Gasteiger partial charge in [-0.1, -0.05) is 19.1 Å². The molecule has 1 aromatic carbocycles. The summed E-state index contributed by atoms with van der Waals surface area (Å²) in [5.41, 5.74) is 0. The van der Waals surface area contributed by atoms with Gasteiger partial charge in [0, 0.05) is 32.0 Å². The van der Waals surface area contributed by atoms with Gasteiger partial charge in [-0.15, -0.1) is 0 Å². The molecule has 2 unspecified atom stereocenters. The van der Waals surface area contributed by atoms with Crippen LogP contribution in [-0.2, 0) is 11.2 Å². The molecule has 2 atom stereocenters. The van der Waals surface area contributed by atoms with Crippen LogP contribution in [0.4, 0.5) is 4.39 Å². The molecule has 2 N–H and O–H groups in total. The van der Waals surface area contributed by atoms with Gasteiger partial charge in [0.15, 0.2) is 17.5 Å². The van der Waals surface area contributed by atoms with Gasteiger partial charge < -0.3 is 24.5 Å². The van der Waals surface area contributed by atoms with Gasteiger partial charge in [-0.2, -0.15) is 0 Å². The molecule has 7 heteroatoms. The zero-order valence-electron chi connectivity index (χ0n) is 16.9. The molecule has 0 aliphatic carbocycles. The number of ether oxygens (including phenoxy) is 2. The summed E-state index contributed by atoms with van der Waals surface area (Å²) in [7, 11) is 0. The van der Waals surface area contributed by atoms with Crippen molar-refractivity contribution in [2.75, 3.05) is 32.8 Å². The fourth-order valence-corrected chi connectivity index (χ4v) is 3.08. The summed E-state index contributed by atoms with van der Waals surface area (Å²) in [4.78, 5) is 4.68. The molecule has 3 rings (SSSR count). The normalized spacial score (nSPS) is 17.9. The summed E-state index contributed by atoms with van der Waals surface area (Å²) in [6, 6.07) is 10.3. The van der Waals surface area contributed by atoms with Crippen molar-refractivity contribution in [1.82, 2.24) is 10.6 Å². The highest BCUT2D eigenvalue weighted by Crippen LogP contribution is 2.18. The quantitative estimate of drug-likeness (QED) is 0.470. The summed E-state index contributed by atoms with van der Waals surface area (Å²) >= 11 is 0. The van der Waals surface area contributed by atoms with Gasteiger partial charge >= 0.3 is 0 Å². The molecule has 1 aliphatic heterocycles. The third-order valence-corrected chi connectivity index (χ3v) is 4.86. The molecule has 1 saturated heterocycles. The summed E-state index contributed by atoms with van der Waals surface area (Å²) in [6.07, 6.45) is 4.03. The van der Waals surface area contributed by atoms with E-state index in [-0.39, 0.29) is 17.7 Å². The first-order valence-corrected chi connectivity index (χ1v) is 10.3. The average Bonchev–Trinajstić information content (AvgIpc) is 3.44. The van der Waals surface area contributed by atoms with Crippen LogP contribution in [0, 0.1) is 11.7 Å². The Morgan fingerprint density at radius 1 is 1.28 bits per heavy atom. The van der Waals surface area contributed by atoms with Crippen molar-refractivity contribution in [2.45, 2.75) is 32.3 Å². The van der Waals surface area contributed by atoms with Gasteiger partial charge in [-0.3, -0.25) is 0 Å². The highest BCUT2D eigenvalue weighted by molar-refractivity contribution is 5.79. The van der Waals surface area contributed by atoms with Crippen LogP contribution in [0.3, 0.4) is 0 Å². The van der Waals surface area contributed by atoms with E-state index in [9.17, 15) is 4.39 Å². The van der Waals surface area contributed by atoms with Gasteiger partial charge in [0.25, 0.3) is 0 Å². The summed E-state index contributed by atoms with van der Waals surface area (Å²) < 4.78 is 30.5. The zero-order chi connectivity index (χ0) is 20.3. The van der Waals surface area contributed by atoms with Crippen molar-refractivity contribution in [3.63, 3.8) is 0 Å². The van der Waals surface area contributed by atoms with Crippen LogP contribution < -0.4 is 15.4 Å². The van der Waals surface area contributed by atoms with Crippen molar-refractivity contribution >= 4 is 5.96 Å². The van der Waals surface area contributed by atoms with E-state index in [1.807, 2.05) is 19.1 Å². The van der Waals surface area contributed by atoms with E-state index in [2.05, 4.69) is 15.6 Å². The third kappa shape index (κ3) is 7.09. The monoisotopic (exact) mass is 403 g/mol. The lowest BCUT2D eigenvalue weighted by molar-refractivity contribution is 0.186. The van der Waals surface area contributed by atoms with E-state index in [1.165, 1.54) is 6.07 Å². The molecule has 1 aromatic heterocycles. The van der Waals surface area contributed by atoms with E-state index in [0.29, 0.717) is 19.0 Å². The largest absolute Gasteiger partial charge is 0.485 e. The van der Waals surface area contributed by atoms with Crippen molar-refractivity contribution in [3.8, 4) is 5.75 Å². The SMILES string of the molecule is CCC(CN=C(NCCc1ccco1)NCC1CCOC1)Oc1ccccc1F. The van der Waals surface area contributed by atoms with Gasteiger partial charge in [0.1, 0.15) is 11.9 Å². The standard InChI is InChI=1S/C22H30FN3O3/c1-2-18(29-21-8-4-3-7-20(21)23)15-26-22(25-14-17-10-13-27-16-17)24-11-9-19-6-5-12-28-19/h3-8,12,17-18H,2,9-11,13-16H2,1H3,(H2,24,25,26). The third-order valence-electron chi connectivity index (χ3n) is 4.86. The Labute approximate surface area is 171 Å². The number of aliphatic imine (C=N–C) groups is 1. The van der Waals surface area contributed by atoms with E-state index in [0.717, 1.165) is 50.7 Å². The lowest BCUT2D eigenvalue weighted by Crippen LogP contribution is -2.41. The van der Waals surface area contributed by atoms with Crippen LogP contribution in [0.1, 0.15) is 25.5 Å². The number of furan rings is 1. The van der Waals surface area contributed by atoms with Crippen molar-refractivity contribution in [3.05, 3.63) is 54.2 Å². The first kappa shape index (κ1) is 21.2. The van der Waals surface area contributed by atoms with Crippen LogP contribution in [0.5, 0.6) is 5.75 Å². The molecule has 0 saturated carbocycles. The molecule has 0 spiro atoms. The predicted octanol–water partition coefficient (Wildman–Crippen LogP) is 3.39. The number of guanidine groups is 1. The topological polar surface area (TPSA) is 68.0 Å². The number of halogens is 1. The molecule has 29 heavy (non-hydrogen) atoms. The molecule has 158 valence electrons. The second-order valence-corrected chi connectivity index (χ2v) is 7.13. The number of para-hydroxylation sites is 1. The molecule has 0 radical (unpaired) electrons. The maximum absolute atomic E-state index is 13.9. The lowest BCUT2D eigenvalue weighted by atomic mass is 10.1. The first-order chi connectivity index (χ1) is 14.2. The van der Waals surface area contributed by atoms with E-state index in [4.69, 9.17) is 13.9 Å². The minimum Gasteiger partial charge on any atom is -0.485 e. The maximum Gasteiger partial charge on any atom is 0.191 e. The second-order valence-electron chi connectivity index (χ2n) is 7.13. The van der Waals surface area contributed by atoms with Crippen LogP contribution >= 0.6 is 0 Å². The Kier molecular flexibility index (Phi) is 8.37. The Morgan fingerprint density at radius 2 is 2.17 bits per heavy atom. The Bertz CT molecular complexity index is 746. The molecule has 1 fully saturated rings. The Balaban J connectivity index is 1.55.